The lowest BCUT2D eigenvalue weighted by Crippen LogP contribution is -2.50. The van der Waals surface area contributed by atoms with Crippen molar-refractivity contribution in [2.75, 3.05) is 39.4 Å². The van der Waals surface area contributed by atoms with Crippen molar-refractivity contribution in [3.05, 3.63) is 28.8 Å². The number of rotatable bonds is 5. The highest BCUT2D eigenvalue weighted by Gasteiger charge is 2.29. The molecule has 2 aliphatic rings. The van der Waals surface area contributed by atoms with Gasteiger partial charge in [0, 0.05) is 31.7 Å². The highest BCUT2D eigenvalue weighted by Crippen LogP contribution is 2.28. The molecule has 1 aromatic carbocycles. The van der Waals surface area contributed by atoms with Crippen LogP contribution in [0, 0.1) is 0 Å². The Morgan fingerprint density at radius 1 is 1.10 bits per heavy atom. The molecule has 10 heteroatoms. The number of piperidine rings is 1. The molecular weight excluding hydrogens is 418 g/mol. The molecule has 2 aliphatic heterocycles. The average molecular weight is 444 g/mol. The number of halogens is 1. The Bertz CT molecular complexity index is 865. The molecule has 0 spiro atoms. The quantitative estimate of drug-likeness (QED) is 0.743. The van der Waals surface area contributed by atoms with E-state index in [2.05, 4.69) is 5.32 Å². The summed E-state index contributed by atoms with van der Waals surface area (Å²) in [5.74, 6) is -0.720. The maximum atomic E-state index is 13.0. The predicted molar refractivity (Wildman–Crippen MR) is 108 cm³/mol. The first-order valence-corrected chi connectivity index (χ1v) is 11.6. The van der Waals surface area contributed by atoms with Gasteiger partial charge in [-0.05, 0) is 38.0 Å². The van der Waals surface area contributed by atoms with E-state index in [1.54, 1.807) is 11.8 Å². The molecule has 0 bridgehead atoms. The largest absolute Gasteiger partial charge is 0.378 e. The van der Waals surface area contributed by atoms with Crippen molar-refractivity contribution < 1.29 is 22.7 Å². The number of sulfonamides is 1. The number of nitrogens with zero attached hydrogens (tertiary/aromatic N) is 2. The highest BCUT2D eigenvalue weighted by atomic mass is 35.5. The number of hydrogen-bond acceptors (Lipinski definition) is 5. The number of amides is 2. The Balaban J connectivity index is 1.74. The third-order valence-corrected chi connectivity index (χ3v) is 7.55. The predicted octanol–water partition coefficient (Wildman–Crippen LogP) is 1.49. The summed E-state index contributed by atoms with van der Waals surface area (Å²) in [6.07, 6.45) is 2.60. The van der Waals surface area contributed by atoms with Crippen molar-refractivity contribution in [2.45, 2.75) is 37.1 Å². The summed E-state index contributed by atoms with van der Waals surface area (Å²) in [6, 6.07) is 3.41. The number of benzene rings is 1. The maximum Gasteiger partial charge on any atom is 0.251 e. The summed E-state index contributed by atoms with van der Waals surface area (Å²) in [4.78, 5) is 26.7. The zero-order valence-corrected chi connectivity index (χ0v) is 18.0. The molecule has 0 aromatic heterocycles. The van der Waals surface area contributed by atoms with Crippen molar-refractivity contribution in [2.24, 2.45) is 0 Å². The fourth-order valence-corrected chi connectivity index (χ4v) is 5.50. The van der Waals surface area contributed by atoms with Crippen LogP contribution in [0.1, 0.15) is 36.5 Å². The van der Waals surface area contributed by atoms with Crippen molar-refractivity contribution in [1.82, 2.24) is 14.5 Å². The van der Waals surface area contributed by atoms with E-state index in [1.807, 2.05) is 0 Å². The van der Waals surface area contributed by atoms with Crippen LogP contribution in [-0.4, -0.2) is 74.9 Å². The molecule has 3 rings (SSSR count). The first-order valence-electron chi connectivity index (χ1n) is 9.78. The molecule has 0 aliphatic carbocycles. The molecule has 2 fully saturated rings. The van der Waals surface area contributed by atoms with Crippen LogP contribution in [0.5, 0.6) is 0 Å². The number of hydrogen-bond donors (Lipinski definition) is 1. The monoisotopic (exact) mass is 443 g/mol. The summed E-state index contributed by atoms with van der Waals surface area (Å²) in [7, 11) is -3.78. The van der Waals surface area contributed by atoms with Gasteiger partial charge in [-0.1, -0.05) is 18.0 Å². The summed E-state index contributed by atoms with van der Waals surface area (Å²) >= 11 is 6.15. The van der Waals surface area contributed by atoms with Crippen LogP contribution < -0.4 is 5.32 Å². The number of ether oxygens (including phenoxy) is 1. The van der Waals surface area contributed by atoms with Gasteiger partial charge in [-0.3, -0.25) is 9.59 Å². The lowest BCUT2D eigenvalue weighted by atomic mass is 10.2. The van der Waals surface area contributed by atoms with Crippen molar-refractivity contribution in [3.63, 3.8) is 0 Å². The summed E-state index contributed by atoms with van der Waals surface area (Å²) in [5, 5.41) is 2.72. The van der Waals surface area contributed by atoms with Gasteiger partial charge in [-0.2, -0.15) is 4.31 Å². The Morgan fingerprint density at radius 3 is 2.41 bits per heavy atom. The fraction of sp³-hybridized carbons (Fsp3) is 0.579. The molecule has 1 N–H and O–H groups in total. The number of carbonyl (C=O) groups excluding carboxylic acids is 2. The van der Waals surface area contributed by atoms with Crippen LogP contribution in [0.15, 0.2) is 23.1 Å². The van der Waals surface area contributed by atoms with E-state index in [1.165, 1.54) is 22.5 Å². The van der Waals surface area contributed by atoms with Crippen LogP contribution >= 0.6 is 11.6 Å². The van der Waals surface area contributed by atoms with E-state index in [4.69, 9.17) is 16.3 Å². The van der Waals surface area contributed by atoms with E-state index in [0.29, 0.717) is 39.4 Å². The highest BCUT2D eigenvalue weighted by molar-refractivity contribution is 7.89. The zero-order valence-electron chi connectivity index (χ0n) is 16.4. The van der Waals surface area contributed by atoms with E-state index < -0.39 is 22.0 Å². The summed E-state index contributed by atoms with van der Waals surface area (Å²) < 4.78 is 32.6. The summed E-state index contributed by atoms with van der Waals surface area (Å²) in [5.41, 5.74) is 0.145. The first-order chi connectivity index (χ1) is 13.8. The number of carbonyl (C=O) groups is 2. The molecule has 2 amide bonds. The lowest BCUT2D eigenvalue weighted by Gasteiger charge is -2.29. The van der Waals surface area contributed by atoms with Gasteiger partial charge in [0.15, 0.2) is 0 Å². The number of nitrogens with one attached hydrogen (secondary N) is 1. The zero-order chi connectivity index (χ0) is 21.0. The standard InChI is InChI=1S/C19H26ClN3O5S/c1-14(19(25)22-9-11-28-12-10-22)21-18(24)15-5-6-16(20)17(13-15)29(26,27)23-7-3-2-4-8-23/h5-6,13-14H,2-4,7-12H2,1H3,(H,21,24). The second kappa shape index (κ2) is 9.42. The average Bonchev–Trinajstić information content (AvgIpc) is 2.74. The maximum absolute atomic E-state index is 13.0. The first kappa shape index (κ1) is 22.0. The minimum atomic E-state index is -3.78. The minimum absolute atomic E-state index is 0.0737. The normalized spacial score (nSPS) is 19.6. The molecule has 0 saturated carbocycles. The second-order valence-corrected chi connectivity index (χ2v) is 9.56. The van der Waals surface area contributed by atoms with Crippen LogP contribution in [0.2, 0.25) is 5.02 Å². The molecule has 1 atom stereocenters. The van der Waals surface area contributed by atoms with E-state index >= 15 is 0 Å². The smallest absolute Gasteiger partial charge is 0.251 e. The van der Waals surface area contributed by atoms with Gasteiger partial charge in [0.25, 0.3) is 5.91 Å². The summed E-state index contributed by atoms with van der Waals surface area (Å²) in [6.45, 7) is 4.41. The molecule has 29 heavy (non-hydrogen) atoms. The van der Waals surface area contributed by atoms with E-state index in [9.17, 15) is 18.0 Å². The van der Waals surface area contributed by atoms with Crippen molar-refractivity contribution in [1.29, 1.82) is 0 Å². The molecule has 8 nitrogen and oxygen atoms in total. The fourth-order valence-electron chi connectivity index (χ4n) is 3.49. The Morgan fingerprint density at radius 2 is 1.76 bits per heavy atom. The van der Waals surface area contributed by atoms with Gasteiger partial charge in [0.05, 0.1) is 18.2 Å². The van der Waals surface area contributed by atoms with Gasteiger partial charge in [-0.15, -0.1) is 0 Å². The van der Waals surface area contributed by atoms with Gasteiger partial charge in [-0.25, -0.2) is 8.42 Å². The molecule has 2 saturated heterocycles. The molecule has 0 radical (unpaired) electrons. The SMILES string of the molecule is CC(NC(=O)c1ccc(Cl)c(S(=O)(=O)N2CCCCC2)c1)C(=O)N1CCOCC1. The van der Waals surface area contributed by atoms with Crippen LogP contribution in [0.3, 0.4) is 0 Å². The third kappa shape index (κ3) is 5.09. The molecule has 1 unspecified atom stereocenters. The van der Waals surface area contributed by atoms with Crippen LogP contribution in [0.25, 0.3) is 0 Å². The Kier molecular flexibility index (Phi) is 7.15. The van der Waals surface area contributed by atoms with Gasteiger partial charge in [0.2, 0.25) is 15.9 Å². The topological polar surface area (TPSA) is 96.0 Å². The third-order valence-electron chi connectivity index (χ3n) is 5.17. The second-order valence-electron chi connectivity index (χ2n) is 7.24. The van der Waals surface area contributed by atoms with Gasteiger partial charge < -0.3 is 15.0 Å². The van der Waals surface area contributed by atoms with Gasteiger partial charge in [0.1, 0.15) is 10.9 Å². The molecular formula is C19H26ClN3O5S. The van der Waals surface area contributed by atoms with Crippen LogP contribution in [0.4, 0.5) is 0 Å². The minimum Gasteiger partial charge on any atom is -0.378 e. The molecule has 2 heterocycles. The Labute approximate surface area is 176 Å². The van der Waals surface area contributed by atoms with Crippen LogP contribution in [-0.2, 0) is 19.6 Å². The lowest BCUT2D eigenvalue weighted by molar-refractivity contribution is -0.136. The van der Waals surface area contributed by atoms with E-state index in [0.717, 1.165) is 19.3 Å². The Hall–Kier alpha value is -1.68. The van der Waals surface area contributed by atoms with Crippen molar-refractivity contribution in [3.8, 4) is 0 Å². The van der Waals surface area contributed by atoms with E-state index in [-0.39, 0.29) is 21.4 Å². The van der Waals surface area contributed by atoms with Crippen molar-refractivity contribution >= 4 is 33.4 Å². The number of morpholine rings is 1. The molecule has 1 aromatic rings. The molecule has 160 valence electrons. The van der Waals surface area contributed by atoms with Gasteiger partial charge >= 0.3 is 0 Å².